The molecule has 2 aromatic heterocycles. The van der Waals surface area contributed by atoms with Gasteiger partial charge < -0.3 is 9.30 Å². The Kier molecular flexibility index (Phi) is 6.86. The van der Waals surface area contributed by atoms with E-state index in [0.717, 1.165) is 34.0 Å². The van der Waals surface area contributed by atoms with Crippen molar-refractivity contribution in [2.24, 2.45) is 5.10 Å². The summed E-state index contributed by atoms with van der Waals surface area (Å²) in [6, 6.07) is 23.3. The standard InChI is InChI=1S/C26H23ClN4O2/c1-18-15-21(16-29-30-26(32)24-9-6-14-28-25(24)27)19(2)31(18)22-10-12-23(13-11-22)33-17-20-7-4-3-5-8-20/h3-16H,17H2,1-2H3,(H,30,32). The zero-order valence-electron chi connectivity index (χ0n) is 18.3. The van der Waals surface area contributed by atoms with Gasteiger partial charge in [-0.1, -0.05) is 41.9 Å². The number of halogens is 1. The van der Waals surface area contributed by atoms with Crippen LogP contribution in [0.25, 0.3) is 5.69 Å². The number of carbonyl (C=O) groups is 1. The molecule has 4 rings (SSSR count). The number of hydrogen-bond acceptors (Lipinski definition) is 4. The van der Waals surface area contributed by atoms with Gasteiger partial charge in [-0.25, -0.2) is 10.4 Å². The van der Waals surface area contributed by atoms with Crippen molar-refractivity contribution in [1.82, 2.24) is 15.0 Å². The number of aryl methyl sites for hydroxylation is 1. The SMILES string of the molecule is Cc1cc(C=NNC(=O)c2cccnc2Cl)c(C)n1-c1ccc(OCc2ccccc2)cc1. The van der Waals surface area contributed by atoms with E-state index in [0.29, 0.717) is 6.61 Å². The van der Waals surface area contributed by atoms with Crippen molar-refractivity contribution in [2.45, 2.75) is 20.5 Å². The van der Waals surface area contributed by atoms with Gasteiger partial charge in [0.2, 0.25) is 0 Å². The minimum Gasteiger partial charge on any atom is -0.489 e. The minimum atomic E-state index is -0.413. The average Bonchev–Trinajstić information content (AvgIpc) is 3.12. The molecule has 0 saturated heterocycles. The maximum atomic E-state index is 12.2. The molecule has 33 heavy (non-hydrogen) atoms. The fourth-order valence-corrected chi connectivity index (χ4v) is 3.73. The van der Waals surface area contributed by atoms with Crippen LogP contribution in [-0.4, -0.2) is 21.7 Å². The Morgan fingerprint density at radius 3 is 2.58 bits per heavy atom. The second-order valence-corrected chi connectivity index (χ2v) is 7.83. The molecule has 166 valence electrons. The number of benzene rings is 2. The van der Waals surface area contributed by atoms with Crippen molar-refractivity contribution < 1.29 is 9.53 Å². The van der Waals surface area contributed by atoms with Crippen molar-refractivity contribution in [2.75, 3.05) is 0 Å². The van der Waals surface area contributed by atoms with Crippen molar-refractivity contribution >= 4 is 23.7 Å². The number of ether oxygens (including phenoxy) is 1. The van der Waals surface area contributed by atoms with Crippen LogP contribution < -0.4 is 10.2 Å². The van der Waals surface area contributed by atoms with Crippen LogP contribution in [0.2, 0.25) is 5.15 Å². The molecule has 2 aromatic carbocycles. The van der Waals surface area contributed by atoms with E-state index < -0.39 is 5.91 Å². The molecule has 2 heterocycles. The third-order valence-electron chi connectivity index (χ3n) is 5.19. The lowest BCUT2D eigenvalue weighted by atomic mass is 10.2. The first-order chi connectivity index (χ1) is 16.0. The Balaban J connectivity index is 1.44. The number of carbonyl (C=O) groups excluding carboxylic acids is 1. The first-order valence-corrected chi connectivity index (χ1v) is 10.8. The maximum Gasteiger partial charge on any atom is 0.274 e. The summed E-state index contributed by atoms with van der Waals surface area (Å²) in [7, 11) is 0. The lowest BCUT2D eigenvalue weighted by Gasteiger charge is -2.11. The van der Waals surface area contributed by atoms with Crippen LogP contribution in [0.4, 0.5) is 0 Å². The lowest BCUT2D eigenvalue weighted by Crippen LogP contribution is -2.18. The molecule has 0 atom stereocenters. The number of rotatable bonds is 7. The average molecular weight is 459 g/mol. The number of nitrogens with one attached hydrogen (secondary N) is 1. The van der Waals surface area contributed by atoms with Gasteiger partial charge in [-0.05, 0) is 61.9 Å². The van der Waals surface area contributed by atoms with Crippen molar-refractivity contribution in [3.8, 4) is 11.4 Å². The van der Waals surface area contributed by atoms with Crippen LogP contribution in [0.1, 0.15) is 32.9 Å². The smallest absolute Gasteiger partial charge is 0.274 e. The van der Waals surface area contributed by atoms with Crippen molar-refractivity contribution in [3.63, 3.8) is 0 Å². The van der Waals surface area contributed by atoms with E-state index in [1.807, 2.05) is 74.5 Å². The van der Waals surface area contributed by atoms with Crippen LogP contribution in [-0.2, 0) is 6.61 Å². The fraction of sp³-hybridized carbons (Fsp3) is 0.115. The van der Waals surface area contributed by atoms with Crippen LogP contribution in [0.3, 0.4) is 0 Å². The molecule has 1 N–H and O–H groups in total. The molecule has 4 aromatic rings. The van der Waals surface area contributed by atoms with E-state index in [1.165, 1.54) is 6.20 Å². The van der Waals surface area contributed by atoms with E-state index in [9.17, 15) is 4.79 Å². The molecular formula is C26H23ClN4O2. The summed E-state index contributed by atoms with van der Waals surface area (Å²) in [6.45, 7) is 4.56. The highest BCUT2D eigenvalue weighted by molar-refractivity contribution is 6.32. The second kappa shape index (κ2) is 10.1. The first-order valence-electron chi connectivity index (χ1n) is 10.4. The summed E-state index contributed by atoms with van der Waals surface area (Å²) in [5.74, 6) is 0.396. The fourth-order valence-electron chi connectivity index (χ4n) is 3.52. The number of pyridine rings is 1. The maximum absolute atomic E-state index is 12.2. The molecule has 0 radical (unpaired) electrons. The third-order valence-corrected chi connectivity index (χ3v) is 5.49. The highest BCUT2D eigenvalue weighted by atomic mass is 35.5. The van der Waals surface area contributed by atoms with Gasteiger partial charge in [0.05, 0.1) is 11.8 Å². The first kappa shape index (κ1) is 22.3. The Morgan fingerprint density at radius 1 is 1.09 bits per heavy atom. The zero-order valence-corrected chi connectivity index (χ0v) is 19.1. The molecule has 0 aliphatic rings. The summed E-state index contributed by atoms with van der Waals surface area (Å²) in [6.07, 6.45) is 3.15. The van der Waals surface area contributed by atoms with Gasteiger partial charge in [0, 0.05) is 28.8 Å². The topological polar surface area (TPSA) is 68.5 Å². The number of nitrogens with zero attached hydrogens (tertiary/aromatic N) is 3. The zero-order chi connectivity index (χ0) is 23.2. The van der Waals surface area contributed by atoms with Crippen molar-refractivity contribution in [3.05, 3.63) is 112 Å². The molecular weight excluding hydrogens is 436 g/mol. The quantitative estimate of drug-likeness (QED) is 0.226. The molecule has 1 amide bonds. The molecule has 0 saturated carbocycles. The largest absolute Gasteiger partial charge is 0.489 e. The summed E-state index contributed by atoms with van der Waals surface area (Å²) in [4.78, 5) is 16.1. The summed E-state index contributed by atoms with van der Waals surface area (Å²) < 4.78 is 8.01. The van der Waals surface area contributed by atoms with Crippen molar-refractivity contribution in [1.29, 1.82) is 0 Å². The third kappa shape index (κ3) is 5.30. The Hall–Kier alpha value is -3.90. The summed E-state index contributed by atoms with van der Waals surface area (Å²) in [5, 5.41) is 4.23. The molecule has 7 heteroatoms. The monoisotopic (exact) mass is 458 g/mol. The van der Waals surface area contributed by atoms with Crippen LogP contribution in [0, 0.1) is 13.8 Å². The van der Waals surface area contributed by atoms with Gasteiger partial charge in [0.15, 0.2) is 0 Å². The Bertz CT molecular complexity index is 1280. The molecule has 0 aliphatic carbocycles. The van der Waals surface area contributed by atoms with Gasteiger partial charge in [-0.15, -0.1) is 0 Å². The van der Waals surface area contributed by atoms with E-state index >= 15 is 0 Å². The van der Waals surface area contributed by atoms with E-state index in [4.69, 9.17) is 16.3 Å². The molecule has 6 nitrogen and oxygen atoms in total. The number of aromatic nitrogens is 2. The second-order valence-electron chi connectivity index (χ2n) is 7.47. The molecule has 0 fully saturated rings. The van der Waals surface area contributed by atoms with Gasteiger partial charge in [0.1, 0.15) is 17.5 Å². The molecule has 0 bridgehead atoms. The van der Waals surface area contributed by atoms with Crippen LogP contribution in [0.15, 0.2) is 84.1 Å². The minimum absolute atomic E-state index is 0.138. The number of hydrogen-bond donors (Lipinski definition) is 1. The van der Waals surface area contributed by atoms with E-state index in [2.05, 4.69) is 20.1 Å². The van der Waals surface area contributed by atoms with Gasteiger partial charge >= 0.3 is 0 Å². The summed E-state index contributed by atoms with van der Waals surface area (Å²) in [5.41, 5.74) is 7.87. The molecule has 0 spiro atoms. The van der Waals surface area contributed by atoms with Crippen LogP contribution in [0.5, 0.6) is 5.75 Å². The predicted octanol–water partition coefficient (Wildman–Crippen LogP) is 5.49. The molecule has 0 aliphatic heterocycles. The van der Waals surface area contributed by atoms with Gasteiger partial charge in [-0.3, -0.25) is 4.79 Å². The number of hydrazone groups is 1. The van der Waals surface area contributed by atoms with Crippen LogP contribution >= 0.6 is 11.6 Å². The van der Waals surface area contributed by atoms with Gasteiger partial charge in [0.25, 0.3) is 5.91 Å². The Labute approximate surface area is 197 Å². The highest BCUT2D eigenvalue weighted by Crippen LogP contribution is 2.22. The van der Waals surface area contributed by atoms with E-state index in [1.54, 1.807) is 18.3 Å². The summed E-state index contributed by atoms with van der Waals surface area (Å²) >= 11 is 5.96. The normalized spacial score (nSPS) is 11.0. The molecule has 0 unspecified atom stereocenters. The Morgan fingerprint density at radius 2 is 1.85 bits per heavy atom. The lowest BCUT2D eigenvalue weighted by molar-refractivity contribution is 0.0955. The van der Waals surface area contributed by atoms with E-state index in [-0.39, 0.29) is 10.7 Å². The predicted molar refractivity (Wildman–Crippen MR) is 130 cm³/mol. The number of amides is 1. The van der Waals surface area contributed by atoms with Gasteiger partial charge in [-0.2, -0.15) is 5.10 Å². The highest BCUT2D eigenvalue weighted by Gasteiger charge is 2.11.